The van der Waals surface area contributed by atoms with E-state index in [2.05, 4.69) is 17.1 Å². The molecule has 1 N–H and O–H groups in total. The minimum absolute atomic E-state index is 0.00693. The third-order valence-corrected chi connectivity index (χ3v) is 4.89. The molecule has 0 atom stereocenters. The Morgan fingerprint density at radius 3 is 2.75 bits per heavy atom. The molecule has 2 amide bonds. The normalized spacial score (nSPS) is 17.9. The van der Waals surface area contributed by atoms with Gasteiger partial charge in [-0.3, -0.25) is 0 Å². The van der Waals surface area contributed by atoms with Gasteiger partial charge in [-0.25, -0.2) is 4.79 Å². The van der Waals surface area contributed by atoms with Crippen LogP contribution in [0.2, 0.25) is 5.02 Å². The third kappa shape index (κ3) is 4.77. The Kier molecular flexibility index (Phi) is 5.85. The van der Waals surface area contributed by atoms with Gasteiger partial charge in [0.15, 0.2) is 0 Å². The zero-order chi connectivity index (χ0) is 16.9. The van der Waals surface area contributed by atoms with Crippen LogP contribution in [0.15, 0.2) is 18.2 Å². The lowest BCUT2D eigenvalue weighted by Gasteiger charge is -2.36. The van der Waals surface area contributed by atoms with Gasteiger partial charge in [0, 0.05) is 50.0 Å². The van der Waals surface area contributed by atoms with E-state index in [1.54, 1.807) is 0 Å². The number of hydrogen-bond acceptors (Lipinski definition) is 3. The predicted molar refractivity (Wildman–Crippen MR) is 96.9 cm³/mol. The maximum absolute atomic E-state index is 12.2. The highest BCUT2D eigenvalue weighted by Gasteiger charge is 2.23. The second-order valence-corrected chi connectivity index (χ2v) is 7.09. The van der Waals surface area contributed by atoms with Gasteiger partial charge < -0.3 is 19.9 Å². The molecule has 0 unspecified atom stereocenters. The first kappa shape index (κ1) is 17.4. The molecule has 132 valence electrons. The first-order valence-electron chi connectivity index (χ1n) is 8.75. The zero-order valence-corrected chi connectivity index (χ0v) is 15.0. The summed E-state index contributed by atoms with van der Waals surface area (Å²) in [5.74, 6) is 0.767. The lowest BCUT2D eigenvalue weighted by atomic mass is 10.1. The summed E-state index contributed by atoms with van der Waals surface area (Å²) < 4.78 is 5.54. The number of nitrogens with zero attached hydrogens (tertiary/aromatic N) is 2. The molecule has 1 aliphatic carbocycles. The Labute approximate surface area is 148 Å². The fourth-order valence-corrected chi connectivity index (χ4v) is 3.12. The van der Waals surface area contributed by atoms with Crippen LogP contribution < -0.4 is 10.2 Å². The Morgan fingerprint density at radius 2 is 2.04 bits per heavy atom. The monoisotopic (exact) mass is 351 g/mol. The average molecular weight is 352 g/mol. The summed E-state index contributed by atoms with van der Waals surface area (Å²) in [6, 6.07) is 5.96. The smallest absolute Gasteiger partial charge is 0.317 e. The molecule has 5 nitrogen and oxygen atoms in total. The van der Waals surface area contributed by atoms with E-state index in [-0.39, 0.29) is 6.03 Å². The van der Waals surface area contributed by atoms with Gasteiger partial charge in [-0.1, -0.05) is 17.7 Å². The summed E-state index contributed by atoms with van der Waals surface area (Å²) in [4.78, 5) is 16.4. The number of amides is 2. The van der Waals surface area contributed by atoms with Crippen LogP contribution in [0.5, 0.6) is 0 Å². The quantitative estimate of drug-likeness (QED) is 0.801. The number of piperazine rings is 1. The van der Waals surface area contributed by atoms with Crippen LogP contribution in [0, 0.1) is 12.8 Å². The van der Waals surface area contributed by atoms with Gasteiger partial charge in [0.2, 0.25) is 0 Å². The maximum Gasteiger partial charge on any atom is 0.317 e. The molecule has 0 aromatic heterocycles. The number of ether oxygens (including phenoxy) is 1. The molecule has 2 aliphatic rings. The highest BCUT2D eigenvalue weighted by atomic mass is 35.5. The molecular weight excluding hydrogens is 326 g/mol. The summed E-state index contributed by atoms with van der Waals surface area (Å²) in [6.45, 7) is 7.21. The largest absolute Gasteiger partial charge is 0.379 e. The number of carbonyl (C=O) groups excluding carboxylic acids is 1. The van der Waals surface area contributed by atoms with E-state index in [0.29, 0.717) is 13.2 Å². The van der Waals surface area contributed by atoms with Crippen molar-refractivity contribution in [3.63, 3.8) is 0 Å². The van der Waals surface area contributed by atoms with Crippen molar-refractivity contribution >= 4 is 23.3 Å². The van der Waals surface area contributed by atoms with Crippen LogP contribution in [0.3, 0.4) is 0 Å². The number of nitrogens with one attached hydrogen (secondary N) is 1. The highest BCUT2D eigenvalue weighted by Crippen LogP contribution is 2.28. The Hall–Kier alpha value is -1.46. The minimum Gasteiger partial charge on any atom is -0.379 e. The maximum atomic E-state index is 12.2. The van der Waals surface area contributed by atoms with Gasteiger partial charge in [-0.2, -0.15) is 0 Å². The van der Waals surface area contributed by atoms with Crippen molar-refractivity contribution in [3.8, 4) is 0 Å². The zero-order valence-electron chi connectivity index (χ0n) is 14.3. The van der Waals surface area contributed by atoms with E-state index in [4.69, 9.17) is 16.3 Å². The second kappa shape index (κ2) is 8.08. The van der Waals surface area contributed by atoms with E-state index >= 15 is 0 Å². The second-order valence-electron chi connectivity index (χ2n) is 6.66. The van der Waals surface area contributed by atoms with Gasteiger partial charge >= 0.3 is 6.03 Å². The van der Waals surface area contributed by atoms with Crippen LogP contribution in [-0.4, -0.2) is 56.9 Å². The van der Waals surface area contributed by atoms with Gasteiger partial charge in [-0.05, 0) is 43.4 Å². The molecule has 1 saturated carbocycles. The lowest BCUT2D eigenvalue weighted by Crippen LogP contribution is -2.52. The fraction of sp³-hybridized carbons (Fsp3) is 0.611. The van der Waals surface area contributed by atoms with E-state index in [9.17, 15) is 4.79 Å². The summed E-state index contributed by atoms with van der Waals surface area (Å²) >= 11 is 6.11. The molecule has 24 heavy (non-hydrogen) atoms. The summed E-state index contributed by atoms with van der Waals surface area (Å²) in [7, 11) is 0. The molecule has 6 heteroatoms. The number of carbonyl (C=O) groups is 1. The average Bonchev–Trinajstić information content (AvgIpc) is 3.41. The van der Waals surface area contributed by atoms with Crippen LogP contribution in [0.4, 0.5) is 10.5 Å². The first-order valence-corrected chi connectivity index (χ1v) is 9.13. The van der Waals surface area contributed by atoms with Crippen LogP contribution in [0.1, 0.15) is 18.4 Å². The number of benzene rings is 1. The molecule has 0 bridgehead atoms. The number of hydrogen-bond donors (Lipinski definition) is 1. The van der Waals surface area contributed by atoms with Crippen molar-refractivity contribution in [1.82, 2.24) is 10.2 Å². The Bertz CT molecular complexity index is 569. The standard InChI is InChI=1S/C18H26ClN3O2/c1-14-2-5-16(19)12-17(14)21-7-9-22(10-8-21)18(23)20-6-11-24-13-15-3-4-15/h2,5,12,15H,3-4,6-11,13H2,1H3,(H,20,23). The van der Waals surface area contributed by atoms with Gasteiger partial charge in [-0.15, -0.1) is 0 Å². The summed E-state index contributed by atoms with van der Waals surface area (Å²) in [5, 5.41) is 3.70. The van der Waals surface area contributed by atoms with Crippen molar-refractivity contribution in [2.45, 2.75) is 19.8 Å². The van der Waals surface area contributed by atoms with E-state index in [1.165, 1.54) is 18.4 Å². The molecule has 3 rings (SSSR count). The number of halogens is 1. The number of urea groups is 1. The van der Waals surface area contributed by atoms with Crippen LogP contribution >= 0.6 is 11.6 Å². The van der Waals surface area contributed by atoms with Crippen LogP contribution in [0.25, 0.3) is 0 Å². The van der Waals surface area contributed by atoms with Crippen molar-refractivity contribution in [1.29, 1.82) is 0 Å². The summed E-state index contributed by atoms with van der Waals surface area (Å²) in [6.07, 6.45) is 2.59. The molecule has 1 saturated heterocycles. The lowest BCUT2D eigenvalue weighted by molar-refractivity contribution is 0.124. The first-order chi connectivity index (χ1) is 11.6. The minimum atomic E-state index is 0.00693. The number of anilines is 1. The molecule has 0 spiro atoms. The Morgan fingerprint density at radius 1 is 1.29 bits per heavy atom. The predicted octanol–water partition coefficient (Wildman–Crippen LogP) is 2.91. The molecule has 1 aromatic carbocycles. The number of aryl methyl sites for hydroxylation is 1. The molecular formula is C18H26ClN3O2. The molecule has 1 aliphatic heterocycles. The highest BCUT2D eigenvalue weighted by molar-refractivity contribution is 6.30. The van der Waals surface area contributed by atoms with E-state index in [0.717, 1.165) is 49.4 Å². The van der Waals surface area contributed by atoms with Gasteiger partial charge in [0.05, 0.1) is 6.61 Å². The molecule has 2 fully saturated rings. The number of rotatable bonds is 6. The Balaban J connectivity index is 1.39. The van der Waals surface area contributed by atoms with E-state index in [1.807, 2.05) is 23.1 Å². The van der Waals surface area contributed by atoms with Gasteiger partial charge in [0.25, 0.3) is 0 Å². The van der Waals surface area contributed by atoms with Crippen molar-refractivity contribution in [2.24, 2.45) is 5.92 Å². The molecule has 1 heterocycles. The SMILES string of the molecule is Cc1ccc(Cl)cc1N1CCN(C(=O)NCCOCC2CC2)CC1. The van der Waals surface area contributed by atoms with Gasteiger partial charge in [0.1, 0.15) is 0 Å². The third-order valence-electron chi connectivity index (χ3n) is 4.65. The fourth-order valence-electron chi connectivity index (χ4n) is 2.95. The summed E-state index contributed by atoms with van der Waals surface area (Å²) in [5.41, 5.74) is 2.38. The van der Waals surface area contributed by atoms with Crippen molar-refractivity contribution < 1.29 is 9.53 Å². The molecule has 1 aromatic rings. The topological polar surface area (TPSA) is 44.8 Å². The van der Waals surface area contributed by atoms with E-state index < -0.39 is 0 Å². The van der Waals surface area contributed by atoms with Crippen molar-refractivity contribution in [3.05, 3.63) is 28.8 Å². The van der Waals surface area contributed by atoms with Crippen LogP contribution in [-0.2, 0) is 4.74 Å². The molecule has 0 radical (unpaired) electrons. The van der Waals surface area contributed by atoms with Crippen molar-refractivity contribution in [2.75, 3.05) is 50.8 Å².